The van der Waals surface area contributed by atoms with E-state index in [1.54, 1.807) is 0 Å². The van der Waals surface area contributed by atoms with Crippen LogP contribution < -0.4 is 0 Å². The first-order valence-corrected chi connectivity index (χ1v) is 7.97. The van der Waals surface area contributed by atoms with E-state index < -0.39 is 0 Å². The Bertz CT molecular complexity index is 216. The highest BCUT2D eigenvalue weighted by Gasteiger charge is 1.94. The Kier molecular flexibility index (Phi) is 27.4. The van der Waals surface area contributed by atoms with E-state index in [9.17, 15) is 0 Å². The van der Waals surface area contributed by atoms with Gasteiger partial charge in [0.2, 0.25) is 0 Å². The highest BCUT2D eigenvalue weighted by Crippen LogP contribution is 2.01. The number of unbranched alkanes of at least 4 members (excludes halogenated alkanes) is 1. The van der Waals surface area contributed by atoms with Crippen LogP contribution in [0.25, 0.3) is 0 Å². The van der Waals surface area contributed by atoms with E-state index in [1.165, 1.54) is 18.4 Å². The zero-order chi connectivity index (χ0) is 15.5. The maximum Gasteiger partial charge on any atom is 0.0230 e. The second kappa shape index (κ2) is 22.4. The van der Waals surface area contributed by atoms with Crippen molar-refractivity contribution in [1.82, 2.24) is 4.90 Å². The minimum atomic E-state index is 1.05. The summed E-state index contributed by atoms with van der Waals surface area (Å²) >= 11 is 0. The lowest BCUT2D eigenvalue weighted by Gasteiger charge is -2.12. The molecule has 0 fully saturated rings. The molecule has 0 saturated carbocycles. The van der Waals surface area contributed by atoms with Gasteiger partial charge in [-0.1, -0.05) is 91.6 Å². The lowest BCUT2D eigenvalue weighted by molar-refractivity contribution is 0.346. The standard InChI is InChI=1S/C10H15N.C4H10.2C2H6/c1-3-11(2)9-10-7-5-4-6-8-10;1-3-4-2;2*1-2/h4-8H,3,9H2,1-2H3;3-4H2,1-2H3;2*1-2H3. The Morgan fingerprint density at radius 1 is 0.789 bits per heavy atom. The minimum Gasteiger partial charge on any atom is -0.302 e. The summed E-state index contributed by atoms with van der Waals surface area (Å²) in [5.74, 6) is 0. The Morgan fingerprint density at radius 3 is 1.53 bits per heavy atom. The van der Waals surface area contributed by atoms with Gasteiger partial charge in [0.05, 0.1) is 0 Å². The molecule has 0 bridgehead atoms. The van der Waals surface area contributed by atoms with Gasteiger partial charge in [-0.25, -0.2) is 0 Å². The van der Waals surface area contributed by atoms with Crippen LogP contribution in [0.15, 0.2) is 30.3 Å². The molecule has 1 heteroatoms. The zero-order valence-electron chi connectivity index (χ0n) is 14.7. The zero-order valence-corrected chi connectivity index (χ0v) is 14.7. The highest BCUT2D eigenvalue weighted by molar-refractivity contribution is 5.14. The largest absolute Gasteiger partial charge is 0.302 e. The Labute approximate surface area is 123 Å². The lowest BCUT2D eigenvalue weighted by atomic mass is 10.2. The average molecular weight is 268 g/mol. The minimum absolute atomic E-state index is 1.05. The van der Waals surface area contributed by atoms with Crippen molar-refractivity contribution in [2.45, 2.75) is 67.9 Å². The summed E-state index contributed by atoms with van der Waals surface area (Å²) < 4.78 is 0. The summed E-state index contributed by atoms with van der Waals surface area (Å²) in [5, 5.41) is 0. The van der Waals surface area contributed by atoms with Crippen molar-refractivity contribution in [3.63, 3.8) is 0 Å². The summed E-state index contributed by atoms with van der Waals surface area (Å²) in [7, 11) is 2.13. The molecule has 0 amide bonds. The molecule has 1 rings (SSSR count). The van der Waals surface area contributed by atoms with Crippen LogP contribution in [0, 0.1) is 0 Å². The normalized spacial score (nSPS) is 8.26. The first kappa shape index (κ1) is 23.3. The van der Waals surface area contributed by atoms with Crippen molar-refractivity contribution in [3.8, 4) is 0 Å². The van der Waals surface area contributed by atoms with Crippen LogP contribution in [0.4, 0.5) is 0 Å². The molecule has 0 atom stereocenters. The Balaban J connectivity index is -0.000000271. The van der Waals surface area contributed by atoms with Gasteiger partial charge in [0.25, 0.3) is 0 Å². The van der Waals surface area contributed by atoms with E-state index in [-0.39, 0.29) is 0 Å². The van der Waals surface area contributed by atoms with Gasteiger partial charge >= 0.3 is 0 Å². The third-order valence-corrected chi connectivity index (χ3v) is 2.34. The molecular formula is C18H37N. The highest BCUT2D eigenvalue weighted by atomic mass is 15.1. The van der Waals surface area contributed by atoms with Crippen molar-refractivity contribution >= 4 is 0 Å². The Morgan fingerprint density at radius 2 is 1.21 bits per heavy atom. The maximum atomic E-state index is 2.29. The van der Waals surface area contributed by atoms with Gasteiger partial charge < -0.3 is 4.90 Å². The number of nitrogens with zero attached hydrogens (tertiary/aromatic N) is 1. The molecule has 114 valence electrons. The first-order valence-electron chi connectivity index (χ1n) is 7.97. The lowest BCUT2D eigenvalue weighted by Crippen LogP contribution is -2.16. The smallest absolute Gasteiger partial charge is 0.0230 e. The van der Waals surface area contributed by atoms with Crippen LogP contribution in [0.5, 0.6) is 0 Å². The van der Waals surface area contributed by atoms with Crippen LogP contribution in [-0.2, 0) is 6.54 Å². The van der Waals surface area contributed by atoms with E-state index in [4.69, 9.17) is 0 Å². The average Bonchev–Trinajstić information content (AvgIpc) is 2.52. The summed E-state index contributed by atoms with van der Waals surface area (Å²) in [6.45, 7) is 16.7. The number of hydrogen-bond donors (Lipinski definition) is 0. The van der Waals surface area contributed by atoms with Crippen LogP contribution >= 0.6 is 0 Å². The molecule has 0 saturated heterocycles. The quantitative estimate of drug-likeness (QED) is 0.647. The van der Waals surface area contributed by atoms with Crippen LogP contribution in [0.3, 0.4) is 0 Å². The summed E-state index contributed by atoms with van der Waals surface area (Å²) in [6, 6.07) is 10.5. The van der Waals surface area contributed by atoms with Gasteiger partial charge in [0.15, 0.2) is 0 Å². The fraction of sp³-hybridized carbons (Fsp3) is 0.667. The third kappa shape index (κ3) is 19.7. The van der Waals surface area contributed by atoms with E-state index >= 15 is 0 Å². The second-order valence-electron chi connectivity index (χ2n) is 3.82. The fourth-order valence-corrected chi connectivity index (χ4v) is 1.01. The summed E-state index contributed by atoms with van der Waals surface area (Å²) in [4.78, 5) is 2.29. The van der Waals surface area contributed by atoms with Crippen molar-refractivity contribution in [1.29, 1.82) is 0 Å². The molecule has 0 aromatic heterocycles. The molecule has 0 radical (unpaired) electrons. The van der Waals surface area contributed by atoms with Crippen molar-refractivity contribution < 1.29 is 0 Å². The van der Waals surface area contributed by atoms with Crippen LogP contribution in [-0.4, -0.2) is 18.5 Å². The van der Waals surface area contributed by atoms with Gasteiger partial charge in [-0.3, -0.25) is 0 Å². The van der Waals surface area contributed by atoms with Crippen molar-refractivity contribution in [3.05, 3.63) is 35.9 Å². The molecule has 19 heavy (non-hydrogen) atoms. The fourth-order valence-electron chi connectivity index (χ4n) is 1.01. The molecule has 1 aromatic rings. The molecule has 1 nitrogen and oxygen atoms in total. The Hall–Kier alpha value is -0.820. The second-order valence-corrected chi connectivity index (χ2v) is 3.82. The van der Waals surface area contributed by atoms with Gasteiger partial charge in [-0.15, -0.1) is 0 Å². The molecule has 0 aliphatic heterocycles. The monoisotopic (exact) mass is 267 g/mol. The summed E-state index contributed by atoms with van der Waals surface area (Å²) in [6.07, 6.45) is 2.64. The molecule has 0 heterocycles. The van der Waals surface area contributed by atoms with Gasteiger partial charge in [0.1, 0.15) is 0 Å². The molecule has 0 aliphatic carbocycles. The van der Waals surface area contributed by atoms with E-state index in [1.807, 2.05) is 27.7 Å². The van der Waals surface area contributed by atoms with Crippen molar-refractivity contribution in [2.24, 2.45) is 0 Å². The predicted octanol–water partition coefficient (Wildman–Crippen LogP) is 6.00. The molecule has 0 N–H and O–H groups in total. The molecule has 0 aliphatic rings. The molecule has 0 spiro atoms. The molecular weight excluding hydrogens is 230 g/mol. The number of hydrogen-bond acceptors (Lipinski definition) is 1. The van der Waals surface area contributed by atoms with Gasteiger partial charge in [-0.2, -0.15) is 0 Å². The van der Waals surface area contributed by atoms with Gasteiger partial charge in [-0.05, 0) is 19.2 Å². The van der Waals surface area contributed by atoms with Crippen LogP contribution in [0.1, 0.15) is 66.9 Å². The van der Waals surface area contributed by atoms with Gasteiger partial charge in [0, 0.05) is 6.54 Å². The topological polar surface area (TPSA) is 3.24 Å². The number of benzene rings is 1. The SMILES string of the molecule is CC.CC.CCCC.CCN(C)Cc1ccccc1. The molecule has 0 unspecified atom stereocenters. The predicted molar refractivity (Wildman–Crippen MR) is 91.7 cm³/mol. The maximum absolute atomic E-state index is 2.29. The summed E-state index contributed by atoms with van der Waals surface area (Å²) in [5.41, 5.74) is 1.39. The van der Waals surface area contributed by atoms with Crippen LogP contribution in [0.2, 0.25) is 0 Å². The van der Waals surface area contributed by atoms with E-state index in [0.717, 1.165) is 13.1 Å². The van der Waals surface area contributed by atoms with E-state index in [0.29, 0.717) is 0 Å². The first-order chi connectivity index (χ1) is 9.24. The van der Waals surface area contributed by atoms with E-state index in [2.05, 4.69) is 63.1 Å². The van der Waals surface area contributed by atoms with Crippen molar-refractivity contribution in [2.75, 3.05) is 13.6 Å². The third-order valence-electron chi connectivity index (χ3n) is 2.34. The number of rotatable bonds is 4. The molecule has 1 aromatic carbocycles.